The summed E-state index contributed by atoms with van der Waals surface area (Å²) in [4.78, 5) is 28.0. The summed E-state index contributed by atoms with van der Waals surface area (Å²) in [6, 6.07) is 20.2. The van der Waals surface area contributed by atoms with Gasteiger partial charge >= 0.3 is 11.9 Å². The second-order valence-corrected chi connectivity index (χ2v) is 14.2. The van der Waals surface area contributed by atoms with Gasteiger partial charge in [-0.05, 0) is 6.42 Å². The average molecular weight is 617 g/mol. The summed E-state index contributed by atoms with van der Waals surface area (Å²) >= 11 is 0. The number of esters is 2. The van der Waals surface area contributed by atoms with Gasteiger partial charge in [-0.3, -0.25) is 4.79 Å². The van der Waals surface area contributed by atoms with Crippen LogP contribution in [0.25, 0.3) is 0 Å². The van der Waals surface area contributed by atoms with Crippen LogP contribution in [0.1, 0.15) is 140 Å². The van der Waals surface area contributed by atoms with Crippen LogP contribution in [0.3, 0.4) is 0 Å². The third-order valence-corrected chi connectivity index (χ3v) is 11.2. The minimum Gasteiger partial charge on any atom is -0.458 e. The molecule has 0 aliphatic carbocycles. The van der Waals surface area contributed by atoms with Crippen molar-refractivity contribution < 1.29 is 23.5 Å². The number of benzene rings is 2. The van der Waals surface area contributed by atoms with Gasteiger partial charge in [0, 0.05) is 56.1 Å². The first-order chi connectivity index (χ1) is 22.1. The lowest BCUT2D eigenvalue weighted by molar-refractivity contribution is -0.956. The second kappa shape index (κ2) is 16.8. The van der Waals surface area contributed by atoms with E-state index in [1.165, 1.54) is 101 Å². The summed E-state index contributed by atoms with van der Waals surface area (Å²) in [6.07, 6.45) is 21.9. The van der Waals surface area contributed by atoms with Crippen LogP contribution in [0, 0.1) is 0 Å². The predicted octanol–water partition coefficient (Wildman–Crippen LogP) is 9.41. The molecule has 2 atom stereocenters. The van der Waals surface area contributed by atoms with Crippen molar-refractivity contribution in [3.8, 4) is 0 Å². The topological polar surface area (TPSA) is 52.6 Å². The molecule has 3 heterocycles. The molecule has 0 N–H and O–H groups in total. The van der Waals surface area contributed by atoms with Gasteiger partial charge in [0.2, 0.25) is 0 Å². The predicted molar refractivity (Wildman–Crippen MR) is 181 cm³/mol. The fraction of sp³-hybridized carbons (Fsp3) is 0.650. The number of hydrogen-bond acceptors (Lipinski definition) is 4. The van der Waals surface area contributed by atoms with Gasteiger partial charge in [0.25, 0.3) is 5.60 Å². The standard InChI is InChI=1S/C40H58NO4/c1-2-3-4-5-6-7-8-9-10-11-12-19-26-38(42)45-40(33-22-15-13-16-23-33,34-24-17-14-18-25-34)39(43)44-37-31-35-27-28-36(32-37)41(35)29-20-21-30-41/h13-18,22-25,35-37H,2-12,19-21,26-32H2,1H3/q+1. The number of ether oxygens (including phenoxy) is 2. The zero-order chi connectivity index (χ0) is 31.4. The highest BCUT2D eigenvalue weighted by Crippen LogP contribution is 2.47. The monoisotopic (exact) mass is 616 g/mol. The fourth-order valence-electron chi connectivity index (χ4n) is 8.78. The molecule has 0 radical (unpaired) electrons. The molecule has 5 rings (SSSR count). The van der Waals surface area contributed by atoms with Gasteiger partial charge in [-0.1, -0.05) is 138 Å². The fourth-order valence-corrected chi connectivity index (χ4v) is 8.78. The van der Waals surface area contributed by atoms with E-state index in [1.54, 1.807) is 0 Å². The number of quaternary nitrogens is 1. The normalized spacial score (nSPS) is 22.0. The lowest BCUT2D eigenvalue weighted by Crippen LogP contribution is -2.60. The third kappa shape index (κ3) is 8.20. The Labute approximate surface area is 272 Å². The van der Waals surface area contributed by atoms with Crippen LogP contribution in [0.5, 0.6) is 0 Å². The van der Waals surface area contributed by atoms with Gasteiger partial charge in [-0.15, -0.1) is 0 Å². The van der Waals surface area contributed by atoms with Crippen molar-refractivity contribution in [1.82, 2.24) is 0 Å². The van der Waals surface area contributed by atoms with Gasteiger partial charge in [0.15, 0.2) is 0 Å². The number of rotatable bonds is 18. The van der Waals surface area contributed by atoms with E-state index < -0.39 is 11.6 Å². The van der Waals surface area contributed by atoms with E-state index in [1.807, 2.05) is 60.7 Å². The number of nitrogens with zero attached hydrogens (tertiary/aromatic N) is 1. The Bertz CT molecular complexity index is 1120. The second-order valence-electron chi connectivity index (χ2n) is 14.2. The van der Waals surface area contributed by atoms with Crippen molar-refractivity contribution in [2.45, 2.75) is 153 Å². The van der Waals surface area contributed by atoms with Crippen LogP contribution in [0.15, 0.2) is 60.7 Å². The highest BCUT2D eigenvalue weighted by atomic mass is 16.6. The molecule has 45 heavy (non-hydrogen) atoms. The Morgan fingerprint density at radius 3 is 1.64 bits per heavy atom. The van der Waals surface area contributed by atoms with E-state index >= 15 is 0 Å². The summed E-state index contributed by atoms with van der Waals surface area (Å²) < 4.78 is 14.1. The number of carbonyl (C=O) groups excluding carboxylic acids is 2. The Hall–Kier alpha value is -2.66. The molecule has 3 aliphatic rings. The minimum atomic E-state index is -1.62. The quantitative estimate of drug-likeness (QED) is 0.0951. The maximum atomic E-state index is 14.5. The molecule has 2 unspecified atom stereocenters. The van der Waals surface area contributed by atoms with Crippen molar-refractivity contribution in [2.75, 3.05) is 13.1 Å². The first-order valence-corrected chi connectivity index (χ1v) is 18.5. The maximum Gasteiger partial charge on any atom is 0.360 e. The van der Waals surface area contributed by atoms with E-state index in [9.17, 15) is 9.59 Å². The molecule has 246 valence electrons. The first kappa shape index (κ1) is 33.7. The molecule has 3 saturated heterocycles. The number of carbonyl (C=O) groups is 2. The van der Waals surface area contributed by atoms with E-state index in [-0.39, 0.29) is 12.1 Å². The highest BCUT2D eigenvalue weighted by molar-refractivity contribution is 5.89. The van der Waals surface area contributed by atoms with Crippen molar-refractivity contribution in [1.29, 1.82) is 0 Å². The molecule has 2 aromatic carbocycles. The Morgan fingerprint density at radius 1 is 0.689 bits per heavy atom. The van der Waals surface area contributed by atoms with Crippen molar-refractivity contribution >= 4 is 11.9 Å². The molecule has 0 saturated carbocycles. The third-order valence-electron chi connectivity index (χ3n) is 11.2. The molecule has 5 nitrogen and oxygen atoms in total. The number of piperidine rings is 1. The molecule has 2 aromatic rings. The summed E-state index contributed by atoms with van der Waals surface area (Å²) in [6.45, 7) is 4.83. The molecule has 1 spiro atoms. The number of hydrogen-bond donors (Lipinski definition) is 0. The summed E-state index contributed by atoms with van der Waals surface area (Å²) in [7, 11) is 0. The van der Waals surface area contributed by atoms with Crippen molar-refractivity contribution in [2.24, 2.45) is 0 Å². The molecule has 0 amide bonds. The van der Waals surface area contributed by atoms with Gasteiger partial charge < -0.3 is 14.0 Å². The first-order valence-electron chi connectivity index (χ1n) is 18.5. The van der Waals surface area contributed by atoms with E-state index in [2.05, 4.69) is 6.92 Å². The molecule has 5 heteroatoms. The van der Waals surface area contributed by atoms with E-state index in [0.29, 0.717) is 29.6 Å². The Balaban J connectivity index is 1.20. The van der Waals surface area contributed by atoms with E-state index in [4.69, 9.17) is 9.47 Å². The summed E-state index contributed by atoms with van der Waals surface area (Å²) in [5.41, 5.74) is -0.329. The molecular weight excluding hydrogens is 558 g/mol. The lowest BCUT2D eigenvalue weighted by Gasteiger charge is -2.47. The van der Waals surface area contributed by atoms with Crippen molar-refractivity contribution in [3.63, 3.8) is 0 Å². The van der Waals surface area contributed by atoms with Gasteiger partial charge in [-0.2, -0.15) is 0 Å². The lowest BCUT2D eigenvalue weighted by atomic mass is 9.85. The van der Waals surface area contributed by atoms with Crippen LogP contribution in [0.2, 0.25) is 0 Å². The van der Waals surface area contributed by atoms with Crippen LogP contribution in [-0.2, 0) is 24.7 Å². The molecule has 3 fully saturated rings. The van der Waals surface area contributed by atoms with Gasteiger partial charge in [0.1, 0.15) is 6.10 Å². The van der Waals surface area contributed by atoms with E-state index in [0.717, 1.165) is 32.1 Å². The Morgan fingerprint density at radius 2 is 1.16 bits per heavy atom. The number of unbranched alkanes of at least 4 members (excludes halogenated alkanes) is 11. The molecular formula is C40H58NO4+. The van der Waals surface area contributed by atoms with Gasteiger partial charge in [0.05, 0.1) is 25.2 Å². The Kier molecular flexibility index (Phi) is 12.6. The smallest absolute Gasteiger partial charge is 0.360 e. The average Bonchev–Trinajstić information content (AvgIpc) is 3.61. The summed E-state index contributed by atoms with van der Waals surface area (Å²) in [5, 5.41) is 0. The molecule has 0 aromatic heterocycles. The van der Waals surface area contributed by atoms with Gasteiger partial charge in [-0.25, -0.2) is 4.79 Å². The highest BCUT2D eigenvalue weighted by Gasteiger charge is 2.57. The zero-order valence-corrected chi connectivity index (χ0v) is 27.9. The van der Waals surface area contributed by atoms with Crippen LogP contribution < -0.4 is 0 Å². The molecule has 3 aliphatic heterocycles. The largest absolute Gasteiger partial charge is 0.458 e. The summed E-state index contributed by atoms with van der Waals surface area (Å²) in [5.74, 6) is -0.792. The zero-order valence-electron chi connectivity index (χ0n) is 27.9. The van der Waals surface area contributed by atoms with Crippen LogP contribution >= 0.6 is 0 Å². The minimum absolute atomic E-state index is 0.138. The maximum absolute atomic E-state index is 14.5. The van der Waals surface area contributed by atoms with Crippen LogP contribution in [0.4, 0.5) is 0 Å². The SMILES string of the molecule is CCCCCCCCCCCCCCC(=O)OC(C(=O)OC1CC2CCC(C1)[N+]21CCCC1)(c1ccccc1)c1ccccc1. The molecule has 2 bridgehead atoms. The van der Waals surface area contributed by atoms with Crippen LogP contribution in [-0.4, -0.2) is 47.7 Å². The van der Waals surface area contributed by atoms with Crippen molar-refractivity contribution in [3.05, 3.63) is 71.8 Å².